The summed E-state index contributed by atoms with van der Waals surface area (Å²) in [5.41, 5.74) is 1.30. The minimum absolute atomic E-state index is 0.336. The molecule has 1 aliphatic carbocycles. The first-order valence-corrected chi connectivity index (χ1v) is 6.72. The Balaban J connectivity index is 2.20. The number of hydrogen-bond acceptors (Lipinski definition) is 3. The van der Waals surface area contributed by atoms with Gasteiger partial charge in [0, 0.05) is 25.4 Å². The van der Waals surface area contributed by atoms with E-state index in [9.17, 15) is 4.79 Å². The summed E-state index contributed by atoms with van der Waals surface area (Å²) in [5, 5.41) is 9.08. The maximum atomic E-state index is 11.1. The molecule has 1 atom stereocenters. The van der Waals surface area contributed by atoms with Gasteiger partial charge < -0.3 is 14.7 Å². The van der Waals surface area contributed by atoms with Gasteiger partial charge in [-0.2, -0.15) is 0 Å². The molecule has 2 rings (SSSR count). The van der Waals surface area contributed by atoms with Gasteiger partial charge in [-0.05, 0) is 43.9 Å². The number of nitrogens with zero attached hydrogens (tertiary/aromatic N) is 1. The first-order chi connectivity index (χ1) is 9.13. The first kappa shape index (κ1) is 13.9. The second-order valence-corrected chi connectivity index (χ2v) is 5.12. The summed E-state index contributed by atoms with van der Waals surface area (Å²) >= 11 is 0. The molecule has 0 heterocycles. The van der Waals surface area contributed by atoms with E-state index in [1.165, 1.54) is 12.8 Å². The third kappa shape index (κ3) is 3.47. The van der Waals surface area contributed by atoms with E-state index in [2.05, 4.69) is 11.8 Å². The number of carbonyl (C=O) groups is 1. The lowest BCUT2D eigenvalue weighted by Crippen LogP contribution is -2.37. The Labute approximate surface area is 114 Å². The highest BCUT2D eigenvalue weighted by atomic mass is 16.5. The largest absolute Gasteiger partial charge is 0.478 e. The van der Waals surface area contributed by atoms with E-state index in [0.29, 0.717) is 18.2 Å². The second kappa shape index (κ2) is 6.06. The molecule has 19 heavy (non-hydrogen) atoms. The summed E-state index contributed by atoms with van der Waals surface area (Å²) in [7, 11) is 1.69. The number of hydrogen-bond donors (Lipinski definition) is 1. The molecule has 1 fully saturated rings. The lowest BCUT2D eigenvalue weighted by Gasteiger charge is -2.31. The Morgan fingerprint density at radius 2 is 2.26 bits per heavy atom. The maximum absolute atomic E-state index is 11.1. The molecule has 1 saturated carbocycles. The number of benzene rings is 1. The van der Waals surface area contributed by atoms with Crippen LogP contribution in [0, 0.1) is 5.92 Å². The van der Waals surface area contributed by atoms with Gasteiger partial charge in [0.1, 0.15) is 0 Å². The molecule has 0 aliphatic heterocycles. The third-order valence-electron chi connectivity index (χ3n) is 3.76. The van der Waals surface area contributed by atoms with E-state index in [4.69, 9.17) is 9.84 Å². The Bertz CT molecular complexity index is 443. The van der Waals surface area contributed by atoms with Crippen LogP contribution in [0.5, 0.6) is 0 Å². The molecule has 1 aromatic rings. The van der Waals surface area contributed by atoms with Crippen LogP contribution >= 0.6 is 0 Å². The van der Waals surface area contributed by atoms with E-state index in [1.54, 1.807) is 25.3 Å². The summed E-state index contributed by atoms with van der Waals surface area (Å²) < 4.78 is 5.16. The van der Waals surface area contributed by atoms with Gasteiger partial charge in [-0.3, -0.25) is 0 Å². The standard InChI is InChI=1S/C15H21NO3/c1-11(12-6-7-12)16(8-9-19-2)14-5-3-4-13(10-14)15(17)18/h3-5,10-12H,6-9H2,1-2H3,(H,17,18). The number of anilines is 1. The molecule has 1 unspecified atom stereocenters. The van der Waals surface area contributed by atoms with Crippen LogP contribution in [0.1, 0.15) is 30.1 Å². The highest BCUT2D eigenvalue weighted by molar-refractivity contribution is 5.88. The molecule has 104 valence electrons. The fraction of sp³-hybridized carbons (Fsp3) is 0.533. The van der Waals surface area contributed by atoms with Crippen molar-refractivity contribution in [3.05, 3.63) is 29.8 Å². The molecular formula is C15H21NO3. The normalized spacial score (nSPS) is 16.1. The zero-order chi connectivity index (χ0) is 13.8. The zero-order valence-electron chi connectivity index (χ0n) is 11.5. The number of ether oxygens (including phenoxy) is 1. The van der Waals surface area contributed by atoms with Gasteiger partial charge in [-0.1, -0.05) is 6.07 Å². The monoisotopic (exact) mass is 263 g/mol. The molecule has 1 N–H and O–H groups in total. The molecule has 4 nitrogen and oxygen atoms in total. The molecule has 1 aromatic carbocycles. The summed E-state index contributed by atoms with van der Waals surface area (Å²) in [5.74, 6) is -0.155. The van der Waals surface area contributed by atoms with Crippen LogP contribution in [0.15, 0.2) is 24.3 Å². The van der Waals surface area contributed by atoms with Crippen molar-refractivity contribution in [1.82, 2.24) is 0 Å². The van der Waals surface area contributed by atoms with Gasteiger partial charge in [0.15, 0.2) is 0 Å². The van der Waals surface area contributed by atoms with Gasteiger partial charge in [-0.25, -0.2) is 4.79 Å². The van der Waals surface area contributed by atoms with Crippen LogP contribution in [-0.2, 0) is 4.74 Å². The van der Waals surface area contributed by atoms with Crippen LogP contribution in [0.3, 0.4) is 0 Å². The van der Waals surface area contributed by atoms with Crippen LogP contribution in [0.2, 0.25) is 0 Å². The third-order valence-corrected chi connectivity index (χ3v) is 3.76. The zero-order valence-corrected chi connectivity index (χ0v) is 11.5. The van der Waals surface area contributed by atoms with Crippen LogP contribution in [0.4, 0.5) is 5.69 Å². The second-order valence-electron chi connectivity index (χ2n) is 5.12. The van der Waals surface area contributed by atoms with E-state index in [-0.39, 0.29) is 0 Å². The highest BCUT2D eigenvalue weighted by Crippen LogP contribution is 2.36. The molecule has 0 amide bonds. The van der Waals surface area contributed by atoms with Crippen molar-refractivity contribution in [1.29, 1.82) is 0 Å². The lowest BCUT2D eigenvalue weighted by atomic mass is 10.1. The van der Waals surface area contributed by atoms with Crippen LogP contribution in [-0.4, -0.2) is 37.4 Å². The quantitative estimate of drug-likeness (QED) is 0.821. The van der Waals surface area contributed by atoms with Crippen molar-refractivity contribution in [2.45, 2.75) is 25.8 Å². The molecule has 0 aromatic heterocycles. The van der Waals surface area contributed by atoms with E-state index in [0.717, 1.165) is 18.2 Å². The summed E-state index contributed by atoms with van der Waals surface area (Å²) in [6, 6.07) is 7.58. The number of methoxy groups -OCH3 is 1. The molecule has 0 bridgehead atoms. The number of rotatable bonds is 7. The van der Waals surface area contributed by atoms with E-state index >= 15 is 0 Å². The SMILES string of the molecule is COCCN(c1cccc(C(=O)O)c1)C(C)C1CC1. The van der Waals surface area contributed by atoms with Crippen molar-refractivity contribution >= 4 is 11.7 Å². The Hall–Kier alpha value is -1.55. The molecule has 1 aliphatic rings. The number of carboxylic acids is 1. The fourth-order valence-corrected chi connectivity index (χ4v) is 2.41. The topological polar surface area (TPSA) is 49.8 Å². The van der Waals surface area contributed by atoms with Gasteiger partial charge in [0.25, 0.3) is 0 Å². The fourth-order valence-electron chi connectivity index (χ4n) is 2.41. The van der Waals surface area contributed by atoms with Gasteiger partial charge in [0.2, 0.25) is 0 Å². The predicted octanol–water partition coefficient (Wildman–Crippen LogP) is 2.64. The Morgan fingerprint density at radius 1 is 1.53 bits per heavy atom. The molecule has 0 saturated heterocycles. The van der Waals surface area contributed by atoms with Crippen molar-refractivity contribution in [2.75, 3.05) is 25.2 Å². The molecule has 0 radical (unpaired) electrons. The summed E-state index contributed by atoms with van der Waals surface area (Å²) in [6.45, 7) is 3.65. The van der Waals surface area contributed by atoms with Crippen molar-refractivity contribution in [3.63, 3.8) is 0 Å². The van der Waals surface area contributed by atoms with E-state index in [1.807, 2.05) is 6.07 Å². The molecule has 0 spiro atoms. The van der Waals surface area contributed by atoms with Crippen molar-refractivity contribution in [2.24, 2.45) is 5.92 Å². The molecule has 4 heteroatoms. The summed E-state index contributed by atoms with van der Waals surface area (Å²) in [4.78, 5) is 13.3. The van der Waals surface area contributed by atoms with Crippen LogP contribution < -0.4 is 4.90 Å². The van der Waals surface area contributed by atoms with Gasteiger partial charge in [-0.15, -0.1) is 0 Å². The minimum Gasteiger partial charge on any atom is -0.478 e. The van der Waals surface area contributed by atoms with Crippen molar-refractivity contribution < 1.29 is 14.6 Å². The lowest BCUT2D eigenvalue weighted by molar-refractivity contribution is 0.0697. The van der Waals surface area contributed by atoms with Crippen LogP contribution in [0.25, 0.3) is 0 Å². The van der Waals surface area contributed by atoms with Crippen molar-refractivity contribution in [3.8, 4) is 0 Å². The highest BCUT2D eigenvalue weighted by Gasteiger charge is 2.32. The average Bonchev–Trinajstić information content (AvgIpc) is 3.23. The minimum atomic E-state index is -0.882. The smallest absolute Gasteiger partial charge is 0.335 e. The number of aromatic carboxylic acids is 1. The Morgan fingerprint density at radius 3 is 2.84 bits per heavy atom. The Kier molecular flexibility index (Phi) is 4.43. The maximum Gasteiger partial charge on any atom is 0.335 e. The van der Waals surface area contributed by atoms with E-state index < -0.39 is 5.97 Å². The average molecular weight is 263 g/mol. The first-order valence-electron chi connectivity index (χ1n) is 6.72. The van der Waals surface area contributed by atoms with Gasteiger partial charge in [0.05, 0.1) is 12.2 Å². The van der Waals surface area contributed by atoms with Gasteiger partial charge >= 0.3 is 5.97 Å². The number of carboxylic acid groups (broad SMARTS) is 1. The predicted molar refractivity (Wildman–Crippen MR) is 74.8 cm³/mol. The molecular weight excluding hydrogens is 242 g/mol. The summed E-state index contributed by atoms with van der Waals surface area (Å²) in [6.07, 6.45) is 2.53.